The Bertz CT molecular complexity index is 2790. The first-order valence-corrected chi connectivity index (χ1v) is 17.4. The number of aromatic nitrogens is 5. The van der Waals surface area contributed by atoms with Crippen molar-refractivity contribution in [3.05, 3.63) is 194 Å². The molecule has 5 heteroatoms. The van der Waals surface area contributed by atoms with Crippen molar-refractivity contribution >= 4 is 49.1 Å². The van der Waals surface area contributed by atoms with E-state index in [1.165, 1.54) is 32.6 Å². The van der Waals surface area contributed by atoms with E-state index in [0.29, 0.717) is 23.8 Å². The van der Waals surface area contributed by atoms with Gasteiger partial charge in [-0.25, -0.2) is 19.9 Å². The van der Waals surface area contributed by atoms with Gasteiger partial charge in [-0.3, -0.25) is 0 Å². The van der Waals surface area contributed by atoms with Gasteiger partial charge >= 0.3 is 0 Å². The normalized spacial score (nSPS) is 12.0. The zero-order valence-corrected chi connectivity index (χ0v) is 28.4. The minimum atomic E-state index is 0.575. The van der Waals surface area contributed by atoms with Gasteiger partial charge in [0.25, 0.3) is 0 Å². The summed E-state index contributed by atoms with van der Waals surface area (Å²) in [4.78, 5) is 19.4. The fourth-order valence-electron chi connectivity index (χ4n) is 7.11. The average molecular weight is 668 g/mol. The quantitative estimate of drug-likeness (QED) is 0.151. The molecular formula is C47H33N5. The van der Waals surface area contributed by atoms with Crippen LogP contribution in [0, 0.1) is 0 Å². The van der Waals surface area contributed by atoms with Crippen molar-refractivity contribution in [3.8, 4) is 28.6 Å². The van der Waals surface area contributed by atoms with Gasteiger partial charge in [0.15, 0.2) is 11.6 Å². The fraction of sp³-hybridized carbons (Fsp3) is 0.0213. The first kappa shape index (κ1) is 31.0. The van der Waals surface area contributed by atoms with Crippen molar-refractivity contribution in [2.24, 2.45) is 0 Å². The maximum atomic E-state index is 4.99. The zero-order chi connectivity index (χ0) is 34.9. The zero-order valence-electron chi connectivity index (χ0n) is 28.4. The molecule has 0 aliphatic carbocycles. The van der Waals surface area contributed by atoms with Crippen molar-refractivity contribution in [1.29, 1.82) is 0 Å². The van der Waals surface area contributed by atoms with E-state index in [1.807, 2.05) is 72.9 Å². The topological polar surface area (TPSA) is 56.5 Å². The molecule has 246 valence electrons. The molecule has 52 heavy (non-hydrogen) atoms. The lowest BCUT2D eigenvalue weighted by Gasteiger charge is -2.15. The van der Waals surface area contributed by atoms with Crippen molar-refractivity contribution < 1.29 is 0 Å². The third kappa shape index (κ3) is 5.64. The van der Waals surface area contributed by atoms with Crippen LogP contribution < -0.4 is 0 Å². The molecule has 0 radical (unpaired) electrons. The van der Waals surface area contributed by atoms with Gasteiger partial charge in [0.05, 0.1) is 22.2 Å². The lowest BCUT2D eigenvalue weighted by Crippen LogP contribution is -2.00. The summed E-state index contributed by atoms with van der Waals surface area (Å²) in [5.41, 5.74) is 9.12. The minimum Gasteiger partial charge on any atom is -0.309 e. The molecule has 0 aliphatic rings. The Hall–Kier alpha value is -6.98. The van der Waals surface area contributed by atoms with Gasteiger partial charge < -0.3 is 4.57 Å². The van der Waals surface area contributed by atoms with Crippen LogP contribution >= 0.6 is 0 Å². The van der Waals surface area contributed by atoms with E-state index in [4.69, 9.17) is 15.0 Å². The molecular weight excluding hydrogens is 635 g/mol. The molecule has 0 saturated carbocycles. The van der Waals surface area contributed by atoms with Gasteiger partial charge in [0.2, 0.25) is 0 Å². The SMILES string of the molecule is C=C/C=C(\C=C/Cc1cc(-c2ncc3ccccc3n2)nc(-c2ccccc2)n1)c1ccc(-n2c3ccccc3c3ccccc32)c2ccccc12. The number of hydrogen-bond donors (Lipinski definition) is 0. The maximum Gasteiger partial charge on any atom is 0.178 e. The van der Waals surface area contributed by atoms with E-state index >= 15 is 0 Å². The summed E-state index contributed by atoms with van der Waals surface area (Å²) in [7, 11) is 0. The first-order chi connectivity index (χ1) is 25.7. The Labute approximate surface area is 301 Å². The molecule has 0 fully saturated rings. The van der Waals surface area contributed by atoms with Crippen molar-refractivity contribution in [2.45, 2.75) is 6.42 Å². The molecule has 0 bridgehead atoms. The number of benzene rings is 6. The van der Waals surface area contributed by atoms with E-state index in [1.54, 1.807) is 0 Å². The van der Waals surface area contributed by atoms with Crippen LogP contribution in [0.4, 0.5) is 0 Å². The molecule has 0 spiro atoms. The van der Waals surface area contributed by atoms with Crippen LogP contribution in [0.5, 0.6) is 0 Å². The molecule has 0 unspecified atom stereocenters. The second-order valence-electron chi connectivity index (χ2n) is 12.7. The fourth-order valence-corrected chi connectivity index (χ4v) is 7.11. The summed E-state index contributed by atoms with van der Waals surface area (Å²) in [6, 6.07) is 50.4. The second-order valence-corrected chi connectivity index (χ2v) is 12.7. The molecule has 9 rings (SSSR count). The molecule has 3 heterocycles. The van der Waals surface area contributed by atoms with Crippen LogP contribution in [0.1, 0.15) is 11.3 Å². The van der Waals surface area contributed by atoms with Gasteiger partial charge in [-0.2, -0.15) is 0 Å². The van der Waals surface area contributed by atoms with E-state index in [9.17, 15) is 0 Å². The van der Waals surface area contributed by atoms with Gasteiger partial charge in [0, 0.05) is 45.4 Å². The summed E-state index contributed by atoms with van der Waals surface area (Å²) >= 11 is 0. The average Bonchev–Trinajstić information content (AvgIpc) is 3.54. The van der Waals surface area contributed by atoms with Crippen LogP contribution in [-0.2, 0) is 6.42 Å². The standard InChI is InChI=1S/C47H33N5/c1-2-15-32(36-28-29-45(38-22-8-7-21-37(36)38)52-43-26-12-9-23-39(43)40-24-10-13-27-44(40)52)19-14-20-35-30-42(51-46(49-35)33-16-4-3-5-17-33)47-48-31-34-18-6-11-25-41(34)50-47/h2-19,21-31H,1,20H2/b19-14-,32-15+. The molecule has 6 aromatic carbocycles. The van der Waals surface area contributed by atoms with Crippen LogP contribution in [0.3, 0.4) is 0 Å². The van der Waals surface area contributed by atoms with Crippen molar-refractivity contribution in [3.63, 3.8) is 0 Å². The number of fused-ring (bicyclic) bond motifs is 5. The number of rotatable bonds is 8. The van der Waals surface area contributed by atoms with Gasteiger partial charge in [-0.05, 0) is 46.9 Å². The largest absolute Gasteiger partial charge is 0.309 e. The number of nitrogens with zero attached hydrogens (tertiary/aromatic N) is 5. The van der Waals surface area contributed by atoms with Crippen LogP contribution in [0.15, 0.2) is 183 Å². The summed E-state index contributed by atoms with van der Waals surface area (Å²) in [5.74, 6) is 1.22. The molecule has 9 aromatic rings. The Morgan fingerprint density at radius 3 is 2.06 bits per heavy atom. The van der Waals surface area contributed by atoms with E-state index < -0.39 is 0 Å². The predicted molar refractivity (Wildman–Crippen MR) is 215 cm³/mol. The highest BCUT2D eigenvalue weighted by molar-refractivity contribution is 6.11. The Morgan fingerprint density at radius 1 is 0.615 bits per heavy atom. The second kappa shape index (κ2) is 13.4. The molecule has 0 N–H and O–H groups in total. The van der Waals surface area contributed by atoms with Crippen LogP contribution in [-0.4, -0.2) is 24.5 Å². The van der Waals surface area contributed by atoms with E-state index in [2.05, 4.69) is 119 Å². The number of hydrogen-bond acceptors (Lipinski definition) is 4. The van der Waals surface area contributed by atoms with Gasteiger partial charge in [0.1, 0.15) is 5.69 Å². The third-order valence-electron chi connectivity index (χ3n) is 9.48. The summed E-state index contributed by atoms with van der Waals surface area (Å²) in [6.07, 6.45) is 10.7. The third-order valence-corrected chi connectivity index (χ3v) is 9.48. The van der Waals surface area contributed by atoms with Gasteiger partial charge in [-0.1, -0.05) is 146 Å². The summed E-state index contributed by atoms with van der Waals surface area (Å²) in [6.45, 7) is 4.06. The number of allylic oxidation sites excluding steroid dienone is 5. The highest BCUT2D eigenvalue weighted by Gasteiger charge is 2.16. The molecule has 0 saturated heterocycles. The molecule has 0 amide bonds. The molecule has 5 nitrogen and oxygen atoms in total. The van der Waals surface area contributed by atoms with E-state index in [0.717, 1.165) is 39.0 Å². The summed E-state index contributed by atoms with van der Waals surface area (Å²) in [5, 5.41) is 5.83. The van der Waals surface area contributed by atoms with Gasteiger partial charge in [-0.15, -0.1) is 0 Å². The summed E-state index contributed by atoms with van der Waals surface area (Å²) < 4.78 is 2.39. The number of para-hydroxylation sites is 3. The molecule has 0 aliphatic heterocycles. The molecule has 3 aromatic heterocycles. The lowest BCUT2D eigenvalue weighted by atomic mass is 9.96. The Kier molecular flexibility index (Phi) is 7.99. The molecule has 0 atom stereocenters. The van der Waals surface area contributed by atoms with Crippen molar-refractivity contribution in [1.82, 2.24) is 24.5 Å². The highest BCUT2D eigenvalue weighted by Crippen LogP contribution is 2.37. The monoisotopic (exact) mass is 667 g/mol. The maximum absolute atomic E-state index is 4.99. The van der Waals surface area contributed by atoms with Crippen molar-refractivity contribution in [2.75, 3.05) is 0 Å². The smallest absolute Gasteiger partial charge is 0.178 e. The lowest BCUT2D eigenvalue weighted by molar-refractivity contribution is 1.05. The van der Waals surface area contributed by atoms with Crippen LogP contribution in [0.25, 0.3) is 77.6 Å². The predicted octanol–water partition coefficient (Wildman–Crippen LogP) is 11.4. The Balaban J connectivity index is 1.10. The highest BCUT2D eigenvalue weighted by atomic mass is 15.0. The first-order valence-electron chi connectivity index (χ1n) is 17.4. The minimum absolute atomic E-state index is 0.575. The van der Waals surface area contributed by atoms with Crippen LogP contribution in [0.2, 0.25) is 0 Å². The van der Waals surface area contributed by atoms with E-state index in [-0.39, 0.29) is 0 Å². The Morgan fingerprint density at radius 2 is 1.29 bits per heavy atom.